The van der Waals surface area contributed by atoms with E-state index in [9.17, 15) is 17.6 Å². The van der Waals surface area contributed by atoms with Gasteiger partial charge in [-0.2, -0.15) is 0 Å². The van der Waals surface area contributed by atoms with Crippen molar-refractivity contribution in [2.24, 2.45) is 10.7 Å². The molecule has 1 aliphatic heterocycles. The number of halogens is 4. The van der Waals surface area contributed by atoms with Crippen LogP contribution in [-0.4, -0.2) is 17.4 Å². The number of aliphatic imine (C=N–C) groups is 1. The first kappa shape index (κ1) is 14.6. The normalized spacial score (nSPS) is 32.8. The highest BCUT2D eigenvalue weighted by atomic mass is 19.3. The van der Waals surface area contributed by atoms with Gasteiger partial charge < -0.3 is 11.5 Å². The minimum absolute atomic E-state index is 0.112. The van der Waals surface area contributed by atoms with Crippen LogP contribution in [0.5, 0.6) is 0 Å². The largest absolute Gasteiger partial charge is 0.399 e. The van der Waals surface area contributed by atoms with Crippen LogP contribution in [0.2, 0.25) is 0 Å². The zero-order valence-corrected chi connectivity index (χ0v) is 11.1. The molecule has 1 aromatic rings. The summed E-state index contributed by atoms with van der Waals surface area (Å²) in [7, 11) is 0. The molecule has 110 valence electrons. The molecule has 20 heavy (non-hydrogen) atoms. The first-order valence-electron chi connectivity index (χ1n) is 5.98. The Morgan fingerprint density at radius 3 is 2.35 bits per heavy atom. The molecule has 1 aliphatic rings. The molecule has 0 fully saturated rings. The molecular formula is C13H15F4N3. The molecule has 0 radical (unpaired) electrons. The second-order valence-electron chi connectivity index (χ2n) is 5.39. The van der Waals surface area contributed by atoms with Crippen LogP contribution < -0.4 is 11.5 Å². The lowest BCUT2D eigenvalue weighted by Crippen LogP contribution is -2.56. The van der Waals surface area contributed by atoms with Gasteiger partial charge in [0.05, 0.1) is 6.42 Å². The maximum Gasteiger partial charge on any atom is 0.280 e. The third kappa shape index (κ3) is 2.01. The molecular weight excluding hydrogens is 274 g/mol. The first-order chi connectivity index (χ1) is 8.99. The number of nitrogens with two attached hydrogens (primary N) is 2. The van der Waals surface area contributed by atoms with Crippen molar-refractivity contribution in [1.82, 2.24) is 0 Å². The van der Waals surface area contributed by atoms with Crippen LogP contribution in [0.15, 0.2) is 23.2 Å². The summed E-state index contributed by atoms with van der Waals surface area (Å²) in [5, 5.41) is 0. The Labute approximate surface area is 113 Å². The van der Waals surface area contributed by atoms with Crippen LogP contribution in [0.1, 0.15) is 25.8 Å². The zero-order valence-electron chi connectivity index (χ0n) is 11.1. The molecule has 0 spiro atoms. The number of hydrogen-bond acceptors (Lipinski definition) is 3. The predicted molar refractivity (Wildman–Crippen MR) is 68.9 cm³/mol. The van der Waals surface area contributed by atoms with Crippen molar-refractivity contribution in [2.45, 2.75) is 37.4 Å². The Morgan fingerprint density at radius 2 is 1.75 bits per heavy atom. The molecule has 1 aromatic carbocycles. The standard InChI is InChI=1S/C13H15F4N3/c1-11(15)6-13(16,17)12(2,20-10(11)19)8-5-7(18)3-4-9(8)14/h3-5H,6,18H2,1-2H3,(H2,19,20)/t11-,12+/m0/s1. The van der Waals surface area contributed by atoms with Crippen LogP contribution in [0.3, 0.4) is 0 Å². The third-order valence-corrected chi connectivity index (χ3v) is 3.66. The number of hydrogen-bond donors (Lipinski definition) is 2. The van der Waals surface area contributed by atoms with Crippen molar-refractivity contribution in [3.05, 3.63) is 29.6 Å². The molecule has 2 atom stereocenters. The van der Waals surface area contributed by atoms with Gasteiger partial charge in [-0.25, -0.2) is 17.6 Å². The maximum atomic E-state index is 14.3. The molecule has 0 unspecified atom stereocenters. The lowest BCUT2D eigenvalue weighted by atomic mass is 9.77. The molecule has 0 saturated carbocycles. The van der Waals surface area contributed by atoms with Gasteiger partial charge >= 0.3 is 0 Å². The summed E-state index contributed by atoms with van der Waals surface area (Å²) in [6.07, 6.45) is -1.17. The minimum Gasteiger partial charge on any atom is -0.399 e. The number of benzene rings is 1. The first-order valence-corrected chi connectivity index (χ1v) is 5.98. The van der Waals surface area contributed by atoms with Gasteiger partial charge in [0.25, 0.3) is 5.92 Å². The van der Waals surface area contributed by atoms with Crippen molar-refractivity contribution < 1.29 is 17.6 Å². The average molecular weight is 289 g/mol. The van der Waals surface area contributed by atoms with Crippen LogP contribution >= 0.6 is 0 Å². The zero-order chi connectivity index (χ0) is 15.3. The topological polar surface area (TPSA) is 64.4 Å². The van der Waals surface area contributed by atoms with E-state index in [0.29, 0.717) is 0 Å². The van der Waals surface area contributed by atoms with E-state index in [4.69, 9.17) is 11.5 Å². The molecule has 2 rings (SSSR count). The molecule has 0 aliphatic carbocycles. The smallest absolute Gasteiger partial charge is 0.280 e. The van der Waals surface area contributed by atoms with Crippen molar-refractivity contribution >= 4 is 11.5 Å². The average Bonchev–Trinajstić information content (AvgIpc) is 2.29. The fraction of sp³-hybridized carbons (Fsp3) is 0.462. The van der Waals surface area contributed by atoms with E-state index in [-0.39, 0.29) is 5.69 Å². The minimum atomic E-state index is -3.60. The summed E-state index contributed by atoms with van der Waals surface area (Å²) < 4.78 is 56.4. The molecule has 7 heteroatoms. The van der Waals surface area contributed by atoms with E-state index < -0.39 is 40.8 Å². The Hall–Kier alpha value is -1.79. The van der Waals surface area contributed by atoms with E-state index in [0.717, 1.165) is 26.0 Å². The van der Waals surface area contributed by atoms with Crippen LogP contribution in [-0.2, 0) is 5.54 Å². The highest BCUT2D eigenvalue weighted by molar-refractivity contribution is 5.90. The highest BCUT2D eigenvalue weighted by Crippen LogP contribution is 2.50. The van der Waals surface area contributed by atoms with Crippen molar-refractivity contribution in [2.75, 3.05) is 5.73 Å². The Morgan fingerprint density at radius 1 is 1.15 bits per heavy atom. The third-order valence-electron chi connectivity index (χ3n) is 3.66. The summed E-state index contributed by atoms with van der Waals surface area (Å²) in [6.45, 7) is 1.95. The van der Waals surface area contributed by atoms with Crippen LogP contribution in [0.4, 0.5) is 23.2 Å². The predicted octanol–water partition coefficient (Wildman–Crippen LogP) is 2.75. The molecule has 4 N–H and O–H groups in total. The number of nitrogen functional groups attached to an aromatic ring is 1. The van der Waals surface area contributed by atoms with Gasteiger partial charge in [-0.1, -0.05) is 0 Å². The summed E-state index contributed by atoms with van der Waals surface area (Å²) in [6, 6.07) is 3.29. The maximum absolute atomic E-state index is 14.3. The van der Waals surface area contributed by atoms with Crippen LogP contribution in [0, 0.1) is 5.82 Å². The second kappa shape index (κ2) is 4.10. The van der Waals surface area contributed by atoms with Crippen molar-refractivity contribution in [1.29, 1.82) is 0 Å². The van der Waals surface area contributed by atoms with Crippen molar-refractivity contribution in [3.63, 3.8) is 0 Å². The Kier molecular flexibility index (Phi) is 3.00. The lowest BCUT2D eigenvalue weighted by Gasteiger charge is -2.42. The quantitative estimate of drug-likeness (QED) is 0.616. The molecule has 0 bridgehead atoms. The summed E-state index contributed by atoms with van der Waals surface area (Å²) in [5.74, 6) is -5.07. The number of nitrogens with zero attached hydrogens (tertiary/aromatic N) is 1. The SMILES string of the molecule is C[C@]1(F)CC(F)(F)[C@@](C)(c2cc(N)ccc2F)N=C1N. The van der Waals surface area contributed by atoms with E-state index in [1.54, 1.807) is 0 Å². The fourth-order valence-electron chi connectivity index (χ4n) is 2.29. The van der Waals surface area contributed by atoms with Crippen LogP contribution in [0.25, 0.3) is 0 Å². The van der Waals surface area contributed by atoms with Gasteiger partial charge in [-0.05, 0) is 32.0 Å². The molecule has 0 amide bonds. The van der Waals surface area contributed by atoms with E-state index in [1.165, 1.54) is 6.07 Å². The summed E-state index contributed by atoms with van der Waals surface area (Å²) in [5.41, 5.74) is 5.92. The van der Waals surface area contributed by atoms with Crippen molar-refractivity contribution in [3.8, 4) is 0 Å². The number of alkyl halides is 3. The van der Waals surface area contributed by atoms with Gasteiger partial charge in [-0.3, -0.25) is 4.99 Å². The Balaban J connectivity index is 2.69. The number of anilines is 1. The van der Waals surface area contributed by atoms with Gasteiger partial charge in [0.2, 0.25) is 0 Å². The summed E-state index contributed by atoms with van der Waals surface area (Å²) in [4.78, 5) is 3.57. The van der Waals surface area contributed by atoms with E-state index in [2.05, 4.69) is 4.99 Å². The number of amidine groups is 1. The van der Waals surface area contributed by atoms with Gasteiger partial charge in [-0.15, -0.1) is 0 Å². The fourth-order valence-corrected chi connectivity index (χ4v) is 2.29. The van der Waals surface area contributed by atoms with Gasteiger partial charge in [0.1, 0.15) is 11.7 Å². The van der Waals surface area contributed by atoms with Gasteiger partial charge in [0.15, 0.2) is 11.2 Å². The summed E-state index contributed by atoms with van der Waals surface area (Å²) >= 11 is 0. The molecule has 0 aromatic heterocycles. The molecule has 3 nitrogen and oxygen atoms in total. The van der Waals surface area contributed by atoms with E-state index in [1.807, 2.05) is 0 Å². The second-order valence-corrected chi connectivity index (χ2v) is 5.39. The monoisotopic (exact) mass is 289 g/mol. The lowest BCUT2D eigenvalue weighted by molar-refractivity contribution is -0.106. The molecule has 0 saturated heterocycles. The van der Waals surface area contributed by atoms with Gasteiger partial charge in [0, 0.05) is 11.3 Å². The number of rotatable bonds is 1. The molecule has 1 heterocycles. The highest BCUT2D eigenvalue weighted by Gasteiger charge is 2.60. The Bertz CT molecular complexity index is 583. The van der Waals surface area contributed by atoms with E-state index >= 15 is 0 Å².